The molecule has 0 unspecified atom stereocenters. The fourth-order valence-corrected chi connectivity index (χ4v) is 2.62. The lowest BCUT2D eigenvalue weighted by molar-refractivity contribution is -0.122. The van der Waals surface area contributed by atoms with Crippen LogP contribution in [0.25, 0.3) is 0 Å². The van der Waals surface area contributed by atoms with Crippen LogP contribution in [0.4, 0.5) is 5.69 Å². The van der Waals surface area contributed by atoms with Crippen LogP contribution in [0.5, 0.6) is 0 Å². The van der Waals surface area contributed by atoms with Crippen LogP contribution in [-0.2, 0) is 10.2 Å². The molecule has 0 atom stereocenters. The molecule has 0 bridgehead atoms. The van der Waals surface area contributed by atoms with Crippen molar-refractivity contribution in [3.63, 3.8) is 0 Å². The number of benzene rings is 1. The van der Waals surface area contributed by atoms with Gasteiger partial charge in [0.05, 0.1) is 5.41 Å². The van der Waals surface area contributed by atoms with Gasteiger partial charge in [-0.25, -0.2) is 0 Å². The van der Waals surface area contributed by atoms with Crippen LogP contribution in [0.1, 0.15) is 51.2 Å². The predicted octanol–water partition coefficient (Wildman–Crippen LogP) is 3.68. The fraction of sp³-hybridized carbons (Fsp3) is 0.500. The minimum Gasteiger partial charge on any atom is -0.311 e. The highest BCUT2D eigenvalue weighted by molar-refractivity contribution is 6.07. The fourth-order valence-electron chi connectivity index (χ4n) is 2.62. The first-order valence-electron chi connectivity index (χ1n) is 6.77. The van der Waals surface area contributed by atoms with Crippen molar-refractivity contribution in [1.29, 1.82) is 0 Å². The number of rotatable bonds is 4. The summed E-state index contributed by atoms with van der Waals surface area (Å²) in [5.74, 6) is 0.221. The molecule has 97 valence electrons. The van der Waals surface area contributed by atoms with Gasteiger partial charge in [-0.1, -0.05) is 31.9 Å². The average Bonchev–Trinajstić information content (AvgIpc) is 2.51. The van der Waals surface area contributed by atoms with Crippen LogP contribution >= 0.6 is 0 Å². The summed E-state index contributed by atoms with van der Waals surface area (Å²) in [6, 6.07) is 6.07. The maximum atomic E-state index is 12.5. The van der Waals surface area contributed by atoms with Crippen LogP contribution in [0.2, 0.25) is 0 Å². The van der Waals surface area contributed by atoms with E-state index in [4.69, 9.17) is 0 Å². The second kappa shape index (κ2) is 4.75. The van der Waals surface area contributed by atoms with E-state index in [0.29, 0.717) is 0 Å². The van der Waals surface area contributed by atoms with Crippen molar-refractivity contribution < 1.29 is 4.79 Å². The van der Waals surface area contributed by atoms with Gasteiger partial charge in [0.1, 0.15) is 0 Å². The van der Waals surface area contributed by atoms with E-state index in [2.05, 4.69) is 13.8 Å². The number of fused-ring (bicyclic) bond motifs is 1. The van der Waals surface area contributed by atoms with Crippen LogP contribution < -0.4 is 4.90 Å². The summed E-state index contributed by atoms with van der Waals surface area (Å²) in [6.45, 7) is 11.0. The summed E-state index contributed by atoms with van der Waals surface area (Å²) >= 11 is 0. The molecule has 2 heteroatoms. The number of carbonyl (C=O) groups is 1. The molecule has 1 aromatic carbocycles. The summed E-state index contributed by atoms with van der Waals surface area (Å²) in [6.07, 6.45) is 3.42. The van der Waals surface area contributed by atoms with Crippen molar-refractivity contribution in [3.8, 4) is 0 Å². The highest BCUT2D eigenvalue weighted by Gasteiger charge is 2.43. The molecule has 0 saturated heterocycles. The third kappa shape index (κ3) is 2.05. The van der Waals surface area contributed by atoms with Gasteiger partial charge in [0.25, 0.3) is 0 Å². The molecule has 1 radical (unpaired) electrons. The lowest BCUT2D eigenvalue weighted by Gasteiger charge is -2.20. The standard InChI is InChI=1S/C16H22NO/c1-5-6-7-10-17-14-9-8-12(2)11-13(14)16(3,4)15(17)18/h8-9,11H,2,5-7,10H2,1,3-4H3. The number of hydrogen-bond acceptors (Lipinski definition) is 1. The van der Waals surface area contributed by atoms with Gasteiger partial charge in [-0.3, -0.25) is 4.79 Å². The Hall–Kier alpha value is -1.31. The highest BCUT2D eigenvalue weighted by Crippen LogP contribution is 2.41. The molecular weight excluding hydrogens is 222 g/mol. The summed E-state index contributed by atoms with van der Waals surface area (Å²) in [5, 5.41) is 0. The van der Waals surface area contributed by atoms with Crippen LogP contribution in [-0.4, -0.2) is 12.5 Å². The van der Waals surface area contributed by atoms with E-state index in [9.17, 15) is 4.79 Å². The normalized spacial score (nSPS) is 17.1. The second-order valence-electron chi connectivity index (χ2n) is 5.64. The SMILES string of the molecule is [CH2]c1ccc2c(c1)C(C)(C)C(=O)N2CCCCC. The molecule has 18 heavy (non-hydrogen) atoms. The summed E-state index contributed by atoms with van der Waals surface area (Å²) in [7, 11) is 0. The van der Waals surface area contributed by atoms with Gasteiger partial charge < -0.3 is 4.90 Å². The van der Waals surface area contributed by atoms with Gasteiger partial charge in [-0.2, -0.15) is 0 Å². The molecule has 0 fully saturated rings. The van der Waals surface area contributed by atoms with Crippen molar-refractivity contribution in [2.45, 2.75) is 45.4 Å². The number of amides is 1. The van der Waals surface area contributed by atoms with Gasteiger partial charge >= 0.3 is 0 Å². The number of nitrogens with zero attached hydrogens (tertiary/aromatic N) is 1. The Morgan fingerprint density at radius 1 is 1.28 bits per heavy atom. The number of unbranched alkanes of at least 4 members (excludes halogenated alkanes) is 2. The van der Waals surface area contributed by atoms with E-state index in [0.717, 1.165) is 29.8 Å². The molecule has 0 spiro atoms. The predicted molar refractivity (Wildman–Crippen MR) is 75.8 cm³/mol. The molecule has 1 aliphatic rings. The first-order valence-corrected chi connectivity index (χ1v) is 6.77. The van der Waals surface area contributed by atoms with E-state index in [-0.39, 0.29) is 5.91 Å². The zero-order valence-electron chi connectivity index (χ0n) is 11.6. The highest BCUT2D eigenvalue weighted by atomic mass is 16.2. The van der Waals surface area contributed by atoms with Crippen molar-refractivity contribution in [1.82, 2.24) is 0 Å². The largest absolute Gasteiger partial charge is 0.311 e. The van der Waals surface area contributed by atoms with Gasteiger partial charge in [-0.15, -0.1) is 0 Å². The molecule has 0 aromatic heterocycles. The van der Waals surface area contributed by atoms with Gasteiger partial charge in [-0.05, 0) is 44.4 Å². The Labute approximate surface area is 110 Å². The molecule has 0 N–H and O–H groups in total. The Morgan fingerprint density at radius 2 is 2.00 bits per heavy atom. The molecule has 1 aliphatic heterocycles. The molecule has 0 aliphatic carbocycles. The molecular formula is C16H22NO. The molecule has 1 amide bonds. The quantitative estimate of drug-likeness (QED) is 0.740. The van der Waals surface area contributed by atoms with Crippen molar-refractivity contribution in [2.75, 3.05) is 11.4 Å². The molecule has 1 heterocycles. The topological polar surface area (TPSA) is 20.3 Å². The smallest absolute Gasteiger partial charge is 0.237 e. The zero-order chi connectivity index (χ0) is 13.3. The molecule has 2 nitrogen and oxygen atoms in total. The van der Waals surface area contributed by atoms with E-state index in [1.165, 1.54) is 12.8 Å². The lowest BCUT2D eigenvalue weighted by Crippen LogP contribution is -2.36. The van der Waals surface area contributed by atoms with Crippen LogP contribution in [0, 0.1) is 6.92 Å². The Morgan fingerprint density at radius 3 is 2.67 bits per heavy atom. The van der Waals surface area contributed by atoms with Crippen LogP contribution in [0.15, 0.2) is 18.2 Å². The molecule has 0 saturated carbocycles. The zero-order valence-corrected chi connectivity index (χ0v) is 11.6. The van der Waals surface area contributed by atoms with Gasteiger partial charge in [0.15, 0.2) is 0 Å². The Bertz CT molecular complexity index is 462. The minimum absolute atomic E-state index is 0.221. The molecule has 2 rings (SSSR count). The summed E-state index contributed by atoms with van der Waals surface area (Å²) in [5.41, 5.74) is 2.77. The van der Waals surface area contributed by atoms with Crippen molar-refractivity contribution in [3.05, 3.63) is 36.2 Å². The van der Waals surface area contributed by atoms with Crippen LogP contribution in [0.3, 0.4) is 0 Å². The maximum absolute atomic E-state index is 12.5. The third-order valence-electron chi connectivity index (χ3n) is 3.79. The van der Waals surface area contributed by atoms with Crippen molar-refractivity contribution >= 4 is 11.6 Å². The van der Waals surface area contributed by atoms with E-state index in [1.807, 2.05) is 36.9 Å². The second-order valence-corrected chi connectivity index (χ2v) is 5.64. The number of anilines is 1. The van der Waals surface area contributed by atoms with Crippen molar-refractivity contribution in [2.24, 2.45) is 0 Å². The van der Waals surface area contributed by atoms with Gasteiger partial charge in [0, 0.05) is 12.2 Å². The minimum atomic E-state index is -0.407. The molecule has 1 aromatic rings. The van der Waals surface area contributed by atoms with E-state index < -0.39 is 5.41 Å². The maximum Gasteiger partial charge on any atom is 0.237 e. The third-order valence-corrected chi connectivity index (χ3v) is 3.79. The Balaban J connectivity index is 2.32. The van der Waals surface area contributed by atoms with E-state index in [1.54, 1.807) is 0 Å². The first-order chi connectivity index (χ1) is 8.48. The number of hydrogen-bond donors (Lipinski definition) is 0. The van der Waals surface area contributed by atoms with E-state index >= 15 is 0 Å². The first kappa shape index (κ1) is 13.1. The monoisotopic (exact) mass is 244 g/mol. The number of carbonyl (C=O) groups excluding carboxylic acids is 1. The lowest BCUT2D eigenvalue weighted by atomic mass is 9.85. The van der Waals surface area contributed by atoms with Gasteiger partial charge in [0.2, 0.25) is 5.91 Å². The Kier molecular flexibility index (Phi) is 3.47. The summed E-state index contributed by atoms with van der Waals surface area (Å²) < 4.78 is 0. The average molecular weight is 244 g/mol. The summed E-state index contributed by atoms with van der Waals surface area (Å²) in [4.78, 5) is 14.4.